The van der Waals surface area contributed by atoms with Crippen LogP contribution in [0.25, 0.3) is 0 Å². The summed E-state index contributed by atoms with van der Waals surface area (Å²) in [5.41, 5.74) is 1.01. The summed E-state index contributed by atoms with van der Waals surface area (Å²) >= 11 is 0. The van der Waals surface area contributed by atoms with Crippen LogP contribution >= 0.6 is 0 Å². The van der Waals surface area contributed by atoms with Gasteiger partial charge in [0.05, 0.1) is 25.0 Å². The maximum atomic E-state index is 12.5. The van der Waals surface area contributed by atoms with Crippen molar-refractivity contribution < 1.29 is 19.4 Å². The number of rotatable bonds is 4. The molecule has 5 heteroatoms. The first kappa shape index (κ1) is 13.9. The van der Waals surface area contributed by atoms with Crippen molar-refractivity contribution in [1.82, 2.24) is 4.90 Å². The van der Waals surface area contributed by atoms with E-state index in [-0.39, 0.29) is 17.9 Å². The summed E-state index contributed by atoms with van der Waals surface area (Å²) in [5, 5.41) is 8.99. The third kappa shape index (κ3) is 2.48. The van der Waals surface area contributed by atoms with Gasteiger partial charge in [-0.15, -0.1) is 0 Å². The number of carbonyl (C=O) groups excluding carboxylic acids is 1. The Labute approximate surface area is 123 Å². The molecule has 1 aromatic rings. The van der Waals surface area contributed by atoms with Crippen LogP contribution in [0.2, 0.25) is 0 Å². The van der Waals surface area contributed by atoms with Gasteiger partial charge in [0, 0.05) is 12.1 Å². The highest BCUT2D eigenvalue weighted by Crippen LogP contribution is 2.44. The van der Waals surface area contributed by atoms with E-state index in [1.807, 2.05) is 29.2 Å². The van der Waals surface area contributed by atoms with Crippen LogP contribution in [0.3, 0.4) is 0 Å². The fourth-order valence-electron chi connectivity index (χ4n) is 3.25. The molecule has 1 aliphatic heterocycles. The maximum absolute atomic E-state index is 12.5. The molecule has 1 saturated heterocycles. The van der Waals surface area contributed by atoms with Crippen LogP contribution in [0.5, 0.6) is 5.75 Å². The molecule has 1 aromatic carbocycles. The monoisotopic (exact) mass is 289 g/mol. The number of aliphatic carboxylic acids is 1. The minimum Gasteiger partial charge on any atom is -0.496 e. The molecular weight excluding hydrogens is 270 g/mol. The lowest BCUT2D eigenvalue weighted by Gasteiger charge is -2.26. The van der Waals surface area contributed by atoms with Crippen LogP contribution in [0.1, 0.15) is 30.9 Å². The molecule has 21 heavy (non-hydrogen) atoms. The zero-order valence-electron chi connectivity index (χ0n) is 12.0. The molecule has 5 nitrogen and oxygen atoms in total. The average Bonchev–Trinajstić information content (AvgIpc) is 3.16. The van der Waals surface area contributed by atoms with E-state index in [4.69, 9.17) is 9.84 Å². The van der Waals surface area contributed by atoms with Gasteiger partial charge in [0.15, 0.2) is 0 Å². The number of amides is 1. The van der Waals surface area contributed by atoms with E-state index < -0.39 is 11.9 Å². The Kier molecular flexibility index (Phi) is 3.57. The van der Waals surface area contributed by atoms with Crippen LogP contribution in [0.4, 0.5) is 0 Å². The molecule has 112 valence electrons. The first-order valence-electron chi connectivity index (χ1n) is 7.29. The Balaban J connectivity index is 1.80. The highest BCUT2D eigenvalue weighted by molar-refractivity contribution is 5.90. The van der Waals surface area contributed by atoms with Crippen LogP contribution < -0.4 is 4.74 Å². The van der Waals surface area contributed by atoms with Crippen molar-refractivity contribution in [3.8, 4) is 5.75 Å². The van der Waals surface area contributed by atoms with Gasteiger partial charge in [-0.1, -0.05) is 18.2 Å². The van der Waals surface area contributed by atoms with Crippen molar-refractivity contribution in [1.29, 1.82) is 0 Å². The molecule has 2 aliphatic rings. The van der Waals surface area contributed by atoms with Gasteiger partial charge in [0.25, 0.3) is 0 Å². The quantitative estimate of drug-likeness (QED) is 0.921. The Hall–Kier alpha value is -2.04. The van der Waals surface area contributed by atoms with Gasteiger partial charge in [-0.3, -0.25) is 9.59 Å². The summed E-state index contributed by atoms with van der Waals surface area (Å²) in [6.45, 7) is 0.699. The molecule has 1 heterocycles. The first-order valence-corrected chi connectivity index (χ1v) is 7.29. The summed E-state index contributed by atoms with van der Waals surface area (Å²) in [5.74, 6) is -0.917. The lowest BCUT2D eigenvalue weighted by molar-refractivity contribution is -0.142. The van der Waals surface area contributed by atoms with E-state index in [0.717, 1.165) is 24.2 Å². The van der Waals surface area contributed by atoms with Crippen LogP contribution in [0, 0.1) is 11.8 Å². The summed E-state index contributed by atoms with van der Waals surface area (Å²) in [6, 6.07) is 7.73. The molecule has 0 bridgehead atoms. The van der Waals surface area contributed by atoms with Gasteiger partial charge in [-0.2, -0.15) is 0 Å². The second-order valence-corrected chi connectivity index (χ2v) is 5.72. The Morgan fingerprint density at radius 1 is 1.29 bits per heavy atom. The first-order chi connectivity index (χ1) is 10.1. The van der Waals surface area contributed by atoms with Gasteiger partial charge in [0.2, 0.25) is 5.91 Å². The second-order valence-electron chi connectivity index (χ2n) is 5.72. The molecule has 1 amide bonds. The summed E-state index contributed by atoms with van der Waals surface area (Å²) in [7, 11) is 1.63. The number of ether oxygens (including phenoxy) is 1. The lowest BCUT2D eigenvalue weighted by Crippen LogP contribution is -2.32. The van der Waals surface area contributed by atoms with Crippen molar-refractivity contribution in [3.63, 3.8) is 0 Å². The predicted molar refractivity (Wildman–Crippen MR) is 75.9 cm³/mol. The molecule has 0 aromatic heterocycles. The van der Waals surface area contributed by atoms with E-state index in [2.05, 4.69) is 0 Å². The Morgan fingerprint density at radius 3 is 2.71 bits per heavy atom. The highest BCUT2D eigenvalue weighted by Gasteiger charge is 2.51. The topological polar surface area (TPSA) is 66.8 Å². The lowest BCUT2D eigenvalue weighted by atomic mass is 10.0. The molecule has 0 spiro atoms. The number of nitrogens with zero attached hydrogens (tertiary/aromatic N) is 1. The van der Waals surface area contributed by atoms with E-state index in [1.54, 1.807) is 7.11 Å². The Morgan fingerprint density at radius 2 is 2.05 bits per heavy atom. The number of benzene rings is 1. The number of hydrogen-bond donors (Lipinski definition) is 1. The summed E-state index contributed by atoms with van der Waals surface area (Å²) < 4.78 is 5.39. The van der Waals surface area contributed by atoms with Gasteiger partial charge >= 0.3 is 5.97 Å². The molecule has 1 saturated carbocycles. The van der Waals surface area contributed by atoms with Crippen molar-refractivity contribution in [2.45, 2.75) is 25.3 Å². The van der Waals surface area contributed by atoms with Crippen LogP contribution in [0.15, 0.2) is 24.3 Å². The zero-order chi connectivity index (χ0) is 15.0. The van der Waals surface area contributed by atoms with Gasteiger partial charge in [-0.25, -0.2) is 0 Å². The zero-order valence-corrected chi connectivity index (χ0v) is 12.0. The normalized spacial score (nSPS) is 27.5. The summed E-state index contributed by atoms with van der Waals surface area (Å²) in [4.78, 5) is 25.3. The molecule has 3 atom stereocenters. The van der Waals surface area contributed by atoms with Crippen LogP contribution in [-0.2, 0) is 9.59 Å². The van der Waals surface area contributed by atoms with Crippen LogP contribution in [-0.4, -0.2) is 35.5 Å². The van der Waals surface area contributed by atoms with E-state index in [9.17, 15) is 9.59 Å². The fraction of sp³-hybridized carbons (Fsp3) is 0.500. The minimum absolute atomic E-state index is 0.00342. The number of hydrogen-bond acceptors (Lipinski definition) is 3. The number of carboxylic acid groups (broad SMARTS) is 1. The number of carboxylic acids is 1. The van der Waals surface area contributed by atoms with Gasteiger partial charge in [-0.05, 0) is 25.3 Å². The smallest absolute Gasteiger partial charge is 0.307 e. The number of para-hydroxylation sites is 1. The van der Waals surface area contributed by atoms with Crippen molar-refractivity contribution in [2.75, 3.05) is 13.7 Å². The Bertz CT molecular complexity index is 571. The molecule has 0 radical (unpaired) electrons. The third-order valence-electron chi connectivity index (χ3n) is 4.46. The molecule has 2 fully saturated rings. The fourth-order valence-corrected chi connectivity index (χ4v) is 3.25. The van der Waals surface area contributed by atoms with Crippen molar-refractivity contribution in [2.24, 2.45) is 11.8 Å². The van der Waals surface area contributed by atoms with Gasteiger partial charge in [0.1, 0.15) is 5.75 Å². The highest BCUT2D eigenvalue weighted by atomic mass is 16.5. The maximum Gasteiger partial charge on any atom is 0.307 e. The molecular formula is C16H19NO4. The largest absolute Gasteiger partial charge is 0.496 e. The van der Waals surface area contributed by atoms with E-state index in [0.29, 0.717) is 13.0 Å². The molecule has 0 unspecified atom stereocenters. The number of carbonyl (C=O) groups is 2. The molecule has 1 aliphatic carbocycles. The van der Waals surface area contributed by atoms with E-state index in [1.165, 1.54) is 0 Å². The SMILES string of the molecule is COc1ccccc1[C@@H]1CCCN1C(=O)[C@@H]1C[C@H]1C(=O)O. The third-order valence-corrected chi connectivity index (χ3v) is 4.46. The van der Waals surface area contributed by atoms with E-state index >= 15 is 0 Å². The predicted octanol–water partition coefficient (Wildman–Crippen LogP) is 2.08. The molecule has 1 N–H and O–H groups in total. The number of methoxy groups -OCH3 is 1. The van der Waals surface area contributed by atoms with Gasteiger partial charge < -0.3 is 14.7 Å². The van der Waals surface area contributed by atoms with Crippen molar-refractivity contribution >= 4 is 11.9 Å². The summed E-state index contributed by atoms with van der Waals surface area (Å²) in [6.07, 6.45) is 2.32. The number of likely N-dealkylation sites (tertiary alicyclic amines) is 1. The standard InChI is InChI=1S/C16H19NO4/c1-21-14-7-3-2-5-10(14)13-6-4-8-17(13)15(18)11-9-12(11)16(19)20/h2-3,5,7,11-13H,4,6,8-9H2,1H3,(H,19,20)/t11-,12-,13+/m1/s1. The molecule has 3 rings (SSSR count). The minimum atomic E-state index is -0.860. The average molecular weight is 289 g/mol. The second kappa shape index (κ2) is 5.39. The van der Waals surface area contributed by atoms with Crippen molar-refractivity contribution in [3.05, 3.63) is 29.8 Å².